The van der Waals surface area contributed by atoms with Gasteiger partial charge in [0.25, 0.3) is 0 Å². The topological polar surface area (TPSA) is 65.6 Å². The summed E-state index contributed by atoms with van der Waals surface area (Å²) in [5.74, 6) is 3.25. The molecule has 144 valence electrons. The van der Waals surface area contributed by atoms with Gasteiger partial charge in [0.1, 0.15) is 11.6 Å². The molecule has 2 aliphatic heterocycles. The van der Waals surface area contributed by atoms with E-state index in [1.807, 2.05) is 0 Å². The Morgan fingerprint density at radius 1 is 1.19 bits per heavy atom. The third-order valence-electron chi connectivity index (χ3n) is 4.93. The molecule has 2 fully saturated rings. The number of piperidine rings is 1. The SMILES string of the molecule is COCCNC(=S)Nc1nc(N2CCCC2)cc(N2CCCC(C)C2)n1. The fourth-order valence-corrected chi connectivity index (χ4v) is 3.75. The van der Waals surface area contributed by atoms with Crippen molar-refractivity contribution in [1.29, 1.82) is 0 Å². The van der Waals surface area contributed by atoms with Crippen LogP contribution in [0.5, 0.6) is 0 Å². The second-order valence-corrected chi connectivity index (χ2v) is 7.58. The minimum atomic E-state index is 0.526. The highest BCUT2D eigenvalue weighted by molar-refractivity contribution is 7.80. The van der Waals surface area contributed by atoms with E-state index in [0.29, 0.717) is 30.1 Å². The standard InChI is InChI=1S/C18H30N6OS/c1-14-6-5-10-24(13-14)16-12-15(23-8-3-4-9-23)20-17(21-16)22-18(26)19-7-11-25-2/h12,14H,3-11,13H2,1-2H3,(H2,19,20,21,22,26). The third-order valence-corrected chi connectivity index (χ3v) is 5.17. The first-order valence-corrected chi connectivity index (χ1v) is 9.99. The van der Waals surface area contributed by atoms with Crippen LogP contribution in [0.1, 0.15) is 32.6 Å². The average Bonchev–Trinajstić information content (AvgIpc) is 3.16. The van der Waals surface area contributed by atoms with E-state index >= 15 is 0 Å². The molecule has 2 N–H and O–H groups in total. The van der Waals surface area contributed by atoms with E-state index in [9.17, 15) is 0 Å². The Labute approximate surface area is 161 Å². The van der Waals surface area contributed by atoms with Crippen LogP contribution in [-0.4, -0.2) is 61.5 Å². The molecule has 2 saturated heterocycles. The molecule has 0 aliphatic carbocycles. The van der Waals surface area contributed by atoms with Crippen molar-refractivity contribution < 1.29 is 4.74 Å². The van der Waals surface area contributed by atoms with Crippen molar-refractivity contribution in [2.45, 2.75) is 32.6 Å². The van der Waals surface area contributed by atoms with E-state index in [0.717, 1.165) is 37.8 Å². The van der Waals surface area contributed by atoms with Crippen molar-refractivity contribution >= 4 is 34.9 Å². The normalized spacial score (nSPS) is 20.3. The average molecular weight is 379 g/mol. The van der Waals surface area contributed by atoms with Gasteiger partial charge in [-0.2, -0.15) is 9.97 Å². The first-order chi connectivity index (χ1) is 12.7. The molecule has 0 radical (unpaired) electrons. The number of hydrogen-bond acceptors (Lipinski definition) is 6. The second kappa shape index (κ2) is 9.32. The molecule has 1 atom stereocenters. The Bertz CT molecular complexity index is 607. The highest BCUT2D eigenvalue weighted by Gasteiger charge is 2.21. The molecule has 2 aliphatic rings. The zero-order valence-corrected chi connectivity index (χ0v) is 16.6. The Balaban J connectivity index is 1.77. The molecule has 7 nitrogen and oxygen atoms in total. The monoisotopic (exact) mass is 378 g/mol. The van der Waals surface area contributed by atoms with Crippen LogP contribution in [0.2, 0.25) is 0 Å². The van der Waals surface area contributed by atoms with Crippen LogP contribution in [0.25, 0.3) is 0 Å². The number of thiocarbonyl (C=S) groups is 1. The van der Waals surface area contributed by atoms with E-state index in [1.54, 1.807) is 7.11 Å². The number of methoxy groups -OCH3 is 1. The lowest BCUT2D eigenvalue weighted by atomic mass is 10.0. The Kier molecular flexibility index (Phi) is 6.85. The van der Waals surface area contributed by atoms with Gasteiger partial charge in [0.2, 0.25) is 5.95 Å². The summed E-state index contributed by atoms with van der Waals surface area (Å²) in [5, 5.41) is 6.79. The lowest BCUT2D eigenvalue weighted by molar-refractivity contribution is 0.204. The van der Waals surface area contributed by atoms with Crippen LogP contribution in [0, 0.1) is 5.92 Å². The summed E-state index contributed by atoms with van der Waals surface area (Å²) in [6.45, 7) is 7.79. The first-order valence-electron chi connectivity index (χ1n) is 9.58. The van der Waals surface area contributed by atoms with E-state index in [2.05, 4.69) is 33.4 Å². The van der Waals surface area contributed by atoms with Crippen molar-refractivity contribution in [3.63, 3.8) is 0 Å². The zero-order valence-electron chi connectivity index (χ0n) is 15.8. The first kappa shape index (κ1) is 19.1. The molecule has 0 saturated carbocycles. The van der Waals surface area contributed by atoms with Gasteiger partial charge in [-0.25, -0.2) is 0 Å². The van der Waals surface area contributed by atoms with Crippen molar-refractivity contribution in [1.82, 2.24) is 15.3 Å². The van der Waals surface area contributed by atoms with Crippen LogP contribution in [-0.2, 0) is 4.74 Å². The predicted octanol–water partition coefficient (Wildman–Crippen LogP) is 2.25. The molecule has 0 amide bonds. The van der Waals surface area contributed by atoms with Crippen LogP contribution >= 0.6 is 12.2 Å². The van der Waals surface area contributed by atoms with E-state index in [-0.39, 0.29) is 0 Å². The molecule has 26 heavy (non-hydrogen) atoms. The maximum absolute atomic E-state index is 5.36. The number of nitrogens with zero attached hydrogens (tertiary/aromatic N) is 4. The predicted molar refractivity (Wildman–Crippen MR) is 110 cm³/mol. The summed E-state index contributed by atoms with van der Waals surface area (Å²) in [7, 11) is 1.67. The minimum absolute atomic E-state index is 0.526. The quantitative estimate of drug-likeness (QED) is 0.577. The van der Waals surface area contributed by atoms with Gasteiger partial charge in [0, 0.05) is 45.9 Å². The highest BCUT2D eigenvalue weighted by atomic mass is 32.1. The Hall–Kier alpha value is -1.67. The van der Waals surface area contributed by atoms with Crippen molar-refractivity contribution in [3.8, 4) is 0 Å². The van der Waals surface area contributed by atoms with E-state index in [1.165, 1.54) is 25.7 Å². The number of nitrogens with one attached hydrogen (secondary N) is 2. The van der Waals surface area contributed by atoms with Gasteiger partial charge in [-0.1, -0.05) is 6.92 Å². The fraction of sp³-hybridized carbons (Fsp3) is 0.722. The van der Waals surface area contributed by atoms with Crippen LogP contribution in [0.3, 0.4) is 0 Å². The summed E-state index contributed by atoms with van der Waals surface area (Å²) < 4.78 is 5.04. The number of hydrogen-bond donors (Lipinski definition) is 2. The van der Waals surface area contributed by atoms with Crippen molar-refractivity contribution in [2.24, 2.45) is 5.92 Å². The van der Waals surface area contributed by atoms with Gasteiger partial charge in [-0.15, -0.1) is 0 Å². The smallest absolute Gasteiger partial charge is 0.232 e. The Morgan fingerprint density at radius 3 is 2.58 bits per heavy atom. The van der Waals surface area contributed by atoms with Gasteiger partial charge in [0.05, 0.1) is 6.61 Å². The molecule has 8 heteroatoms. The van der Waals surface area contributed by atoms with Crippen LogP contribution in [0.15, 0.2) is 6.07 Å². The van der Waals surface area contributed by atoms with E-state index < -0.39 is 0 Å². The molecule has 3 rings (SSSR count). The van der Waals surface area contributed by atoms with Gasteiger partial charge in [-0.3, -0.25) is 0 Å². The summed E-state index contributed by atoms with van der Waals surface area (Å²) >= 11 is 5.36. The highest BCUT2D eigenvalue weighted by Crippen LogP contribution is 2.27. The molecule has 0 bridgehead atoms. The summed E-state index contributed by atoms with van der Waals surface area (Å²) in [5.41, 5.74) is 0. The molecule has 1 aromatic heterocycles. The molecule has 1 unspecified atom stereocenters. The molecule has 0 aromatic carbocycles. The molecular formula is C18H30N6OS. The number of ether oxygens (including phenoxy) is 1. The summed E-state index contributed by atoms with van der Waals surface area (Å²) in [4.78, 5) is 14.2. The zero-order chi connectivity index (χ0) is 18.4. The van der Waals surface area contributed by atoms with Gasteiger partial charge in [-0.05, 0) is 43.8 Å². The van der Waals surface area contributed by atoms with E-state index in [4.69, 9.17) is 26.9 Å². The van der Waals surface area contributed by atoms with Gasteiger partial charge < -0.3 is 25.2 Å². The number of anilines is 3. The summed E-state index contributed by atoms with van der Waals surface area (Å²) in [6.07, 6.45) is 4.95. The van der Waals surface area contributed by atoms with Crippen molar-refractivity contribution in [3.05, 3.63) is 6.07 Å². The fourth-order valence-electron chi connectivity index (χ4n) is 3.56. The lowest BCUT2D eigenvalue weighted by Gasteiger charge is -2.32. The second-order valence-electron chi connectivity index (χ2n) is 7.17. The van der Waals surface area contributed by atoms with Crippen molar-refractivity contribution in [2.75, 3.05) is 61.6 Å². The number of rotatable bonds is 6. The lowest BCUT2D eigenvalue weighted by Crippen LogP contribution is -2.36. The van der Waals surface area contributed by atoms with Crippen LogP contribution < -0.4 is 20.4 Å². The van der Waals surface area contributed by atoms with Gasteiger partial charge >= 0.3 is 0 Å². The Morgan fingerprint density at radius 2 is 1.88 bits per heavy atom. The summed E-state index contributed by atoms with van der Waals surface area (Å²) in [6, 6.07) is 2.13. The number of aromatic nitrogens is 2. The molecule has 1 aromatic rings. The van der Waals surface area contributed by atoms with Gasteiger partial charge in [0.15, 0.2) is 5.11 Å². The molecule has 0 spiro atoms. The maximum Gasteiger partial charge on any atom is 0.232 e. The molecule has 3 heterocycles. The van der Waals surface area contributed by atoms with Crippen LogP contribution in [0.4, 0.5) is 17.6 Å². The molecular weight excluding hydrogens is 348 g/mol. The minimum Gasteiger partial charge on any atom is -0.383 e. The largest absolute Gasteiger partial charge is 0.383 e. The third kappa shape index (κ3) is 5.17. The maximum atomic E-state index is 5.36.